The van der Waals surface area contributed by atoms with E-state index in [0.717, 1.165) is 61.9 Å². The van der Waals surface area contributed by atoms with Crippen molar-refractivity contribution in [1.82, 2.24) is 9.97 Å². The molecular weight excluding hydrogens is 252 g/mol. The molecule has 1 aromatic heterocycles. The first-order valence-corrected chi connectivity index (χ1v) is 7.52. The highest BCUT2D eigenvalue weighted by molar-refractivity contribution is 5.58. The minimum atomic E-state index is 0.311. The Hall–Kier alpha value is -1.36. The third-order valence-electron chi connectivity index (χ3n) is 3.79. The minimum absolute atomic E-state index is 0.311. The molecule has 0 radical (unpaired) electrons. The molecule has 1 aromatic rings. The van der Waals surface area contributed by atoms with E-state index < -0.39 is 0 Å². The quantitative estimate of drug-likeness (QED) is 0.897. The number of hydrogen-bond donors (Lipinski definition) is 1. The van der Waals surface area contributed by atoms with Crippen molar-refractivity contribution in [2.45, 2.75) is 46.1 Å². The molecule has 20 heavy (non-hydrogen) atoms. The van der Waals surface area contributed by atoms with Crippen LogP contribution >= 0.6 is 0 Å². The van der Waals surface area contributed by atoms with Crippen molar-refractivity contribution in [1.29, 1.82) is 0 Å². The SMILES string of the molecule is CCCNc1nc(C)nc(N2CCCC(OC)C2)c1C. The largest absolute Gasteiger partial charge is 0.380 e. The maximum Gasteiger partial charge on any atom is 0.137 e. The van der Waals surface area contributed by atoms with Gasteiger partial charge in [-0.3, -0.25) is 0 Å². The van der Waals surface area contributed by atoms with Gasteiger partial charge in [-0.15, -0.1) is 0 Å². The van der Waals surface area contributed by atoms with E-state index in [1.54, 1.807) is 7.11 Å². The average Bonchev–Trinajstić information content (AvgIpc) is 2.47. The predicted molar refractivity (Wildman–Crippen MR) is 82.5 cm³/mol. The number of ether oxygens (including phenoxy) is 1. The molecular formula is C15H26N4O. The lowest BCUT2D eigenvalue weighted by Crippen LogP contribution is -2.40. The zero-order valence-corrected chi connectivity index (χ0v) is 13.1. The number of aromatic nitrogens is 2. The summed E-state index contributed by atoms with van der Waals surface area (Å²) >= 11 is 0. The Kier molecular flexibility index (Phi) is 5.17. The van der Waals surface area contributed by atoms with E-state index in [-0.39, 0.29) is 0 Å². The highest BCUT2D eigenvalue weighted by Crippen LogP contribution is 2.26. The fraction of sp³-hybridized carbons (Fsp3) is 0.733. The lowest BCUT2D eigenvalue weighted by atomic mass is 10.1. The molecule has 1 aliphatic heterocycles. The van der Waals surface area contributed by atoms with Gasteiger partial charge in [0.25, 0.3) is 0 Å². The summed E-state index contributed by atoms with van der Waals surface area (Å²) in [5.74, 6) is 2.84. The van der Waals surface area contributed by atoms with Gasteiger partial charge in [0.1, 0.15) is 17.5 Å². The van der Waals surface area contributed by atoms with E-state index in [1.165, 1.54) is 0 Å². The van der Waals surface area contributed by atoms with Gasteiger partial charge in [-0.05, 0) is 33.1 Å². The first kappa shape index (κ1) is 15.0. The van der Waals surface area contributed by atoms with Gasteiger partial charge in [0.15, 0.2) is 0 Å². The molecule has 1 atom stereocenters. The molecule has 0 saturated carbocycles. The molecule has 112 valence electrons. The average molecular weight is 278 g/mol. The Bertz CT molecular complexity index is 450. The van der Waals surface area contributed by atoms with Gasteiger partial charge in [-0.2, -0.15) is 0 Å². The summed E-state index contributed by atoms with van der Waals surface area (Å²) in [6.45, 7) is 9.12. The Morgan fingerprint density at radius 3 is 2.85 bits per heavy atom. The molecule has 1 unspecified atom stereocenters. The number of piperidine rings is 1. The van der Waals surface area contributed by atoms with Crippen LogP contribution in [0.1, 0.15) is 37.6 Å². The number of nitrogens with zero attached hydrogens (tertiary/aromatic N) is 3. The molecule has 2 rings (SSSR count). The minimum Gasteiger partial charge on any atom is -0.380 e. The molecule has 5 nitrogen and oxygen atoms in total. The van der Waals surface area contributed by atoms with Gasteiger partial charge in [0.2, 0.25) is 0 Å². The molecule has 0 aromatic carbocycles. The summed E-state index contributed by atoms with van der Waals surface area (Å²) in [6, 6.07) is 0. The number of methoxy groups -OCH3 is 1. The Balaban J connectivity index is 2.23. The standard InChI is InChI=1S/C15H26N4O/c1-5-8-16-14-11(2)15(18-12(3)17-14)19-9-6-7-13(10-19)20-4/h13H,5-10H2,1-4H3,(H,16,17,18). The molecule has 1 saturated heterocycles. The van der Waals surface area contributed by atoms with Crippen molar-refractivity contribution in [2.24, 2.45) is 0 Å². The summed E-state index contributed by atoms with van der Waals surface area (Å²) in [6.07, 6.45) is 3.69. The maximum atomic E-state index is 5.51. The molecule has 0 aliphatic carbocycles. The molecule has 1 fully saturated rings. The van der Waals surface area contributed by atoms with Crippen LogP contribution in [0.5, 0.6) is 0 Å². The second kappa shape index (κ2) is 6.88. The molecule has 2 heterocycles. The number of nitrogens with one attached hydrogen (secondary N) is 1. The molecule has 1 aliphatic rings. The van der Waals surface area contributed by atoms with Crippen LogP contribution in [0.15, 0.2) is 0 Å². The van der Waals surface area contributed by atoms with Crippen molar-refractivity contribution in [3.63, 3.8) is 0 Å². The monoisotopic (exact) mass is 278 g/mol. The lowest BCUT2D eigenvalue weighted by molar-refractivity contribution is 0.0891. The predicted octanol–water partition coefficient (Wildman–Crippen LogP) is 2.53. The van der Waals surface area contributed by atoms with Gasteiger partial charge in [0, 0.05) is 32.3 Å². The van der Waals surface area contributed by atoms with Crippen LogP contribution in [0.3, 0.4) is 0 Å². The Morgan fingerprint density at radius 2 is 2.15 bits per heavy atom. The third kappa shape index (κ3) is 3.39. The number of aryl methyl sites for hydroxylation is 1. The topological polar surface area (TPSA) is 50.3 Å². The molecule has 0 amide bonds. The molecule has 0 spiro atoms. The van der Waals surface area contributed by atoms with Crippen molar-refractivity contribution in [3.05, 3.63) is 11.4 Å². The van der Waals surface area contributed by atoms with Crippen LogP contribution in [0.4, 0.5) is 11.6 Å². The fourth-order valence-corrected chi connectivity index (χ4v) is 2.66. The summed E-state index contributed by atoms with van der Waals surface area (Å²) in [4.78, 5) is 11.5. The number of hydrogen-bond acceptors (Lipinski definition) is 5. The van der Waals surface area contributed by atoms with Crippen LogP contribution in [0.2, 0.25) is 0 Å². The van der Waals surface area contributed by atoms with Crippen molar-refractivity contribution in [3.8, 4) is 0 Å². The second-order valence-corrected chi connectivity index (χ2v) is 5.44. The maximum absolute atomic E-state index is 5.51. The van der Waals surface area contributed by atoms with Gasteiger partial charge >= 0.3 is 0 Å². The zero-order chi connectivity index (χ0) is 14.5. The van der Waals surface area contributed by atoms with E-state index in [9.17, 15) is 0 Å². The van der Waals surface area contributed by atoms with Crippen LogP contribution < -0.4 is 10.2 Å². The molecule has 5 heteroatoms. The van der Waals surface area contributed by atoms with Crippen LogP contribution in [0, 0.1) is 13.8 Å². The van der Waals surface area contributed by atoms with Gasteiger partial charge in [-0.25, -0.2) is 9.97 Å². The van der Waals surface area contributed by atoms with Crippen LogP contribution in [0.25, 0.3) is 0 Å². The molecule has 0 bridgehead atoms. The zero-order valence-electron chi connectivity index (χ0n) is 13.1. The molecule has 1 N–H and O–H groups in total. The van der Waals surface area contributed by atoms with E-state index in [2.05, 4.69) is 34.0 Å². The van der Waals surface area contributed by atoms with E-state index in [1.807, 2.05) is 6.92 Å². The van der Waals surface area contributed by atoms with Crippen molar-refractivity contribution >= 4 is 11.6 Å². The highest BCUT2D eigenvalue weighted by Gasteiger charge is 2.23. The van der Waals surface area contributed by atoms with Crippen molar-refractivity contribution < 1.29 is 4.74 Å². The summed E-state index contributed by atoms with van der Waals surface area (Å²) in [5, 5.41) is 3.40. The van der Waals surface area contributed by atoms with E-state index in [4.69, 9.17) is 4.74 Å². The normalized spacial score (nSPS) is 19.2. The van der Waals surface area contributed by atoms with Gasteiger partial charge in [-0.1, -0.05) is 6.92 Å². The van der Waals surface area contributed by atoms with Gasteiger partial charge in [0.05, 0.1) is 6.10 Å². The highest BCUT2D eigenvalue weighted by atomic mass is 16.5. The van der Waals surface area contributed by atoms with Gasteiger partial charge < -0.3 is 15.0 Å². The summed E-state index contributed by atoms with van der Waals surface area (Å²) in [7, 11) is 1.79. The smallest absolute Gasteiger partial charge is 0.137 e. The van der Waals surface area contributed by atoms with E-state index >= 15 is 0 Å². The summed E-state index contributed by atoms with van der Waals surface area (Å²) < 4.78 is 5.51. The lowest BCUT2D eigenvalue weighted by Gasteiger charge is -2.34. The van der Waals surface area contributed by atoms with Crippen molar-refractivity contribution in [2.75, 3.05) is 37.0 Å². The van der Waals surface area contributed by atoms with E-state index in [0.29, 0.717) is 6.10 Å². The number of rotatable bonds is 5. The third-order valence-corrected chi connectivity index (χ3v) is 3.79. The first-order valence-electron chi connectivity index (χ1n) is 7.52. The first-order chi connectivity index (χ1) is 9.65. The van der Waals surface area contributed by atoms with Crippen LogP contribution in [-0.4, -0.2) is 42.8 Å². The Morgan fingerprint density at radius 1 is 1.35 bits per heavy atom. The second-order valence-electron chi connectivity index (χ2n) is 5.44. The Labute approximate surface area is 121 Å². The van der Waals surface area contributed by atoms with Crippen LogP contribution in [-0.2, 0) is 4.74 Å². The number of anilines is 2. The fourth-order valence-electron chi connectivity index (χ4n) is 2.66. The summed E-state index contributed by atoms with van der Waals surface area (Å²) in [5.41, 5.74) is 1.14.